The predicted octanol–water partition coefficient (Wildman–Crippen LogP) is 0.752. The van der Waals surface area contributed by atoms with Crippen LogP contribution in [0.3, 0.4) is 0 Å². The van der Waals surface area contributed by atoms with Gasteiger partial charge in [-0.1, -0.05) is 0 Å². The Bertz CT molecular complexity index is 387. The maximum Gasteiger partial charge on any atom is 0.231 e. The molecule has 0 aromatic heterocycles. The van der Waals surface area contributed by atoms with Crippen LogP contribution in [0.25, 0.3) is 0 Å². The molecule has 1 aromatic rings. The van der Waals surface area contributed by atoms with Gasteiger partial charge < -0.3 is 15.2 Å². The number of hydrogen-bond donors (Lipinski definition) is 1. The highest BCUT2D eigenvalue weighted by Gasteiger charge is 2.16. The summed E-state index contributed by atoms with van der Waals surface area (Å²) in [6.45, 7) is 2.16. The van der Waals surface area contributed by atoms with Crippen molar-refractivity contribution in [1.82, 2.24) is 0 Å². The van der Waals surface area contributed by atoms with Crippen LogP contribution in [0.5, 0.6) is 11.5 Å². The molecule has 1 aliphatic rings. The van der Waals surface area contributed by atoms with E-state index in [0.717, 1.165) is 16.9 Å². The van der Waals surface area contributed by atoms with Crippen LogP contribution in [-0.4, -0.2) is 12.7 Å². The van der Waals surface area contributed by atoms with Crippen LogP contribution in [0.15, 0.2) is 12.1 Å². The fraction of sp³-hybridized carbons (Fsp3) is 0.300. The summed E-state index contributed by atoms with van der Waals surface area (Å²) >= 11 is 0. The summed E-state index contributed by atoms with van der Waals surface area (Å²) in [5.74, 6) is 1.08. The van der Waals surface area contributed by atoms with E-state index in [4.69, 9.17) is 15.2 Å². The molecule has 1 aromatic carbocycles. The van der Waals surface area contributed by atoms with Gasteiger partial charge in [0.25, 0.3) is 0 Å². The molecular weight excluding hydrogens is 182 g/mol. The lowest BCUT2D eigenvalue weighted by atomic mass is 10.0. The van der Waals surface area contributed by atoms with E-state index in [1.807, 2.05) is 19.1 Å². The van der Waals surface area contributed by atoms with Crippen molar-refractivity contribution >= 4 is 5.91 Å². The Labute approximate surface area is 81.6 Å². The number of carbonyl (C=O) groups is 1. The van der Waals surface area contributed by atoms with Crippen LogP contribution >= 0.6 is 0 Å². The molecule has 0 saturated heterocycles. The topological polar surface area (TPSA) is 61.6 Å². The Hall–Kier alpha value is -1.71. The van der Waals surface area contributed by atoms with Crippen LogP contribution in [-0.2, 0) is 11.2 Å². The quantitative estimate of drug-likeness (QED) is 0.753. The van der Waals surface area contributed by atoms with E-state index in [2.05, 4.69) is 0 Å². The summed E-state index contributed by atoms with van der Waals surface area (Å²) in [6.07, 6.45) is 0.239. The van der Waals surface area contributed by atoms with Gasteiger partial charge in [-0.3, -0.25) is 4.79 Å². The third-order valence-electron chi connectivity index (χ3n) is 2.20. The van der Waals surface area contributed by atoms with Crippen LogP contribution in [0, 0.1) is 6.92 Å². The predicted molar refractivity (Wildman–Crippen MR) is 50.2 cm³/mol. The summed E-state index contributed by atoms with van der Waals surface area (Å²) in [4.78, 5) is 10.8. The molecule has 0 aliphatic carbocycles. The normalized spacial score (nSPS) is 12.9. The lowest BCUT2D eigenvalue weighted by Gasteiger charge is -2.04. The standard InChI is InChI=1S/C10H11NO3/c1-6-2-8-9(14-5-13-8)3-7(6)4-10(11)12/h2-3H,4-5H2,1H3,(H2,11,12). The van der Waals surface area contributed by atoms with Crippen molar-refractivity contribution in [3.8, 4) is 11.5 Å². The molecule has 0 spiro atoms. The molecule has 0 bridgehead atoms. The number of hydrogen-bond acceptors (Lipinski definition) is 3. The maximum absolute atomic E-state index is 10.8. The maximum atomic E-state index is 10.8. The fourth-order valence-electron chi connectivity index (χ4n) is 1.46. The number of amides is 1. The molecule has 0 radical (unpaired) electrons. The van der Waals surface area contributed by atoms with Gasteiger partial charge in [0.15, 0.2) is 11.5 Å². The average Bonchev–Trinajstić information content (AvgIpc) is 2.51. The van der Waals surface area contributed by atoms with E-state index in [0.29, 0.717) is 5.75 Å². The number of rotatable bonds is 2. The molecule has 1 amide bonds. The minimum atomic E-state index is -0.341. The van der Waals surface area contributed by atoms with Gasteiger partial charge in [0.1, 0.15) is 0 Å². The smallest absolute Gasteiger partial charge is 0.231 e. The summed E-state index contributed by atoms with van der Waals surface area (Å²) in [6, 6.07) is 3.67. The van der Waals surface area contributed by atoms with Gasteiger partial charge in [0.05, 0.1) is 6.42 Å². The first-order chi connectivity index (χ1) is 6.66. The molecule has 1 aliphatic heterocycles. The molecule has 0 fully saturated rings. The number of nitrogens with two attached hydrogens (primary N) is 1. The molecule has 14 heavy (non-hydrogen) atoms. The molecule has 0 atom stereocenters. The van der Waals surface area contributed by atoms with Crippen molar-refractivity contribution in [2.75, 3.05) is 6.79 Å². The third kappa shape index (κ3) is 1.51. The Morgan fingerprint density at radius 1 is 1.43 bits per heavy atom. The van der Waals surface area contributed by atoms with Gasteiger partial charge in [-0.15, -0.1) is 0 Å². The second kappa shape index (κ2) is 3.21. The zero-order chi connectivity index (χ0) is 10.1. The van der Waals surface area contributed by atoms with E-state index in [-0.39, 0.29) is 19.1 Å². The zero-order valence-electron chi connectivity index (χ0n) is 7.87. The Morgan fingerprint density at radius 3 is 2.71 bits per heavy atom. The lowest BCUT2D eigenvalue weighted by molar-refractivity contribution is -0.117. The van der Waals surface area contributed by atoms with E-state index in [1.165, 1.54) is 0 Å². The molecule has 4 nitrogen and oxygen atoms in total. The monoisotopic (exact) mass is 193 g/mol. The van der Waals surface area contributed by atoms with Crippen molar-refractivity contribution in [2.45, 2.75) is 13.3 Å². The van der Waals surface area contributed by atoms with Gasteiger partial charge in [-0.25, -0.2) is 0 Å². The molecule has 0 unspecified atom stereocenters. The van der Waals surface area contributed by atoms with E-state index in [1.54, 1.807) is 0 Å². The highest BCUT2D eigenvalue weighted by atomic mass is 16.7. The first-order valence-electron chi connectivity index (χ1n) is 4.34. The Kier molecular flexibility index (Phi) is 2.04. The number of fused-ring (bicyclic) bond motifs is 1. The Balaban J connectivity index is 2.37. The van der Waals surface area contributed by atoms with Crippen molar-refractivity contribution in [3.63, 3.8) is 0 Å². The van der Waals surface area contributed by atoms with E-state index < -0.39 is 0 Å². The van der Waals surface area contributed by atoms with Crippen LogP contribution < -0.4 is 15.2 Å². The van der Waals surface area contributed by atoms with E-state index >= 15 is 0 Å². The molecule has 74 valence electrons. The minimum Gasteiger partial charge on any atom is -0.454 e. The van der Waals surface area contributed by atoms with Crippen molar-refractivity contribution in [2.24, 2.45) is 5.73 Å². The van der Waals surface area contributed by atoms with Crippen molar-refractivity contribution in [1.29, 1.82) is 0 Å². The summed E-state index contributed by atoms with van der Waals surface area (Å²) in [7, 11) is 0. The minimum absolute atomic E-state index is 0.239. The van der Waals surface area contributed by atoms with Gasteiger partial charge in [-0.2, -0.15) is 0 Å². The summed E-state index contributed by atoms with van der Waals surface area (Å²) < 4.78 is 10.4. The lowest BCUT2D eigenvalue weighted by Crippen LogP contribution is -2.14. The highest BCUT2D eigenvalue weighted by Crippen LogP contribution is 2.34. The summed E-state index contributed by atoms with van der Waals surface area (Å²) in [5, 5.41) is 0. The number of carbonyl (C=O) groups excluding carboxylic acids is 1. The van der Waals surface area contributed by atoms with Gasteiger partial charge in [-0.05, 0) is 30.2 Å². The molecule has 2 N–H and O–H groups in total. The van der Waals surface area contributed by atoms with Crippen molar-refractivity contribution in [3.05, 3.63) is 23.3 Å². The van der Waals surface area contributed by atoms with E-state index in [9.17, 15) is 4.79 Å². The van der Waals surface area contributed by atoms with Crippen LogP contribution in [0.1, 0.15) is 11.1 Å². The third-order valence-corrected chi connectivity index (χ3v) is 2.20. The number of ether oxygens (including phenoxy) is 2. The molecule has 2 rings (SSSR count). The SMILES string of the molecule is Cc1cc2c(cc1CC(N)=O)OCO2. The van der Waals surface area contributed by atoms with Crippen LogP contribution in [0.2, 0.25) is 0 Å². The first kappa shape index (κ1) is 8.87. The highest BCUT2D eigenvalue weighted by molar-refractivity contribution is 5.77. The van der Waals surface area contributed by atoms with Gasteiger partial charge in [0.2, 0.25) is 12.7 Å². The molecule has 1 heterocycles. The van der Waals surface area contributed by atoms with Crippen LogP contribution in [0.4, 0.5) is 0 Å². The summed E-state index contributed by atoms with van der Waals surface area (Å²) in [5.41, 5.74) is 7.01. The molecule has 0 saturated carbocycles. The second-order valence-corrected chi connectivity index (χ2v) is 3.28. The fourth-order valence-corrected chi connectivity index (χ4v) is 1.46. The zero-order valence-corrected chi connectivity index (χ0v) is 7.87. The Morgan fingerprint density at radius 2 is 2.07 bits per heavy atom. The van der Waals surface area contributed by atoms with Crippen molar-refractivity contribution < 1.29 is 14.3 Å². The number of primary amides is 1. The van der Waals surface area contributed by atoms with Gasteiger partial charge in [0, 0.05) is 0 Å². The second-order valence-electron chi connectivity index (χ2n) is 3.28. The number of aryl methyl sites for hydroxylation is 1. The average molecular weight is 193 g/mol. The largest absolute Gasteiger partial charge is 0.454 e. The molecular formula is C10H11NO3. The molecule has 4 heteroatoms. The number of benzene rings is 1. The van der Waals surface area contributed by atoms with Gasteiger partial charge >= 0.3 is 0 Å². The first-order valence-corrected chi connectivity index (χ1v) is 4.34.